The van der Waals surface area contributed by atoms with Crippen LogP contribution in [-0.2, 0) is 4.74 Å². The van der Waals surface area contributed by atoms with E-state index in [-0.39, 0.29) is 6.10 Å². The number of hydrogen-bond acceptors (Lipinski definition) is 2. The molecule has 1 aliphatic rings. The van der Waals surface area contributed by atoms with Gasteiger partial charge in [-0.25, -0.2) is 0 Å². The molecule has 0 fully saturated rings. The fraction of sp³-hybridized carbons (Fsp3) is 0.286. The van der Waals surface area contributed by atoms with E-state index in [0.29, 0.717) is 0 Å². The summed E-state index contributed by atoms with van der Waals surface area (Å²) in [5.41, 5.74) is 0. The molecule has 0 bridgehead atoms. The van der Waals surface area contributed by atoms with Crippen molar-refractivity contribution in [3.8, 4) is 0 Å². The number of rotatable bonds is 1. The molecule has 2 nitrogen and oxygen atoms in total. The first kappa shape index (κ1) is 7.69. The average molecular weight is 202 g/mol. The normalized spacial score (nSPS) is 24.2. The van der Waals surface area contributed by atoms with Gasteiger partial charge in [-0.3, -0.25) is 4.99 Å². The Morgan fingerprint density at radius 3 is 3.20 bits per heavy atom. The van der Waals surface area contributed by atoms with Crippen molar-refractivity contribution >= 4 is 22.1 Å². The SMILES string of the molecule is COC1C=CC=C(Br)N=C1. The van der Waals surface area contributed by atoms with E-state index < -0.39 is 0 Å². The highest BCUT2D eigenvalue weighted by Crippen LogP contribution is 2.09. The van der Waals surface area contributed by atoms with E-state index in [1.165, 1.54) is 0 Å². The van der Waals surface area contributed by atoms with Crippen LogP contribution >= 0.6 is 15.9 Å². The van der Waals surface area contributed by atoms with E-state index in [9.17, 15) is 0 Å². The zero-order chi connectivity index (χ0) is 7.40. The molecule has 0 amide bonds. The van der Waals surface area contributed by atoms with Crippen molar-refractivity contribution in [2.75, 3.05) is 7.11 Å². The molecule has 1 atom stereocenters. The number of hydrogen-bond donors (Lipinski definition) is 0. The number of nitrogens with zero attached hydrogens (tertiary/aromatic N) is 1. The van der Waals surface area contributed by atoms with E-state index >= 15 is 0 Å². The van der Waals surface area contributed by atoms with Crippen LogP contribution < -0.4 is 0 Å². The average Bonchev–Trinajstić information content (AvgIpc) is 2.14. The van der Waals surface area contributed by atoms with Gasteiger partial charge in [0.2, 0.25) is 0 Å². The second-order valence-electron chi connectivity index (χ2n) is 1.85. The quantitative estimate of drug-likeness (QED) is 0.595. The Morgan fingerprint density at radius 1 is 1.70 bits per heavy atom. The van der Waals surface area contributed by atoms with Crippen LogP contribution in [0.4, 0.5) is 0 Å². The molecule has 1 unspecified atom stereocenters. The third kappa shape index (κ3) is 2.08. The van der Waals surface area contributed by atoms with Crippen LogP contribution in [0, 0.1) is 0 Å². The highest BCUT2D eigenvalue weighted by Gasteiger charge is 1.98. The predicted octanol–water partition coefficient (Wildman–Crippen LogP) is 1.88. The summed E-state index contributed by atoms with van der Waals surface area (Å²) in [6.45, 7) is 0. The minimum absolute atomic E-state index is 0.00583. The van der Waals surface area contributed by atoms with Crippen molar-refractivity contribution in [2.24, 2.45) is 4.99 Å². The van der Waals surface area contributed by atoms with Gasteiger partial charge in [0.1, 0.15) is 10.7 Å². The van der Waals surface area contributed by atoms with Crippen molar-refractivity contribution in [3.05, 3.63) is 22.8 Å². The van der Waals surface area contributed by atoms with Crippen LogP contribution in [0.2, 0.25) is 0 Å². The van der Waals surface area contributed by atoms with Gasteiger partial charge in [0.15, 0.2) is 0 Å². The van der Waals surface area contributed by atoms with Gasteiger partial charge in [0, 0.05) is 13.3 Å². The number of allylic oxidation sites excluding steroid dienone is 2. The molecule has 0 radical (unpaired) electrons. The van der Waals surface area contributed by atoms with Crippen LogP contribution in [0.15, 0.2) is 27.8 Å². The van der Waals surface area contributed by atoms with Crippen molar-refractivity contribution in [1.29, 1.82) is 0 Å². The van der Waals surface area contributed by atoms with Gasteiger partial charge < -0.3 is 4.74 Å². The van der Waals surface area contributed by atoms with Crippen molar-refractivity contribution in [3.63, 3.8) is 0 Å². The Kier molecular flexibility index (Phi) is 2.83. The Balaban J connectivity index is 2.68. The summed E-state index contributed by atoms with van der Waals surface area (Å²) in [7, 11) is 1.65. The number of halogens is 1. The standard InChI is InChI=1S/C7H8BrNO/c1-10-6-3-2-4-7(8)9-5-6/h2-6H,1H3. The number of ether oxygens (including phenoxy) is 1. The molecular weight excluding hydrogens is 194 g/mol. The topological polar surface area (TPSA) is 21.6 Å². The molecule has 0 saturated carbocycles. The van der Waals surface area contributed by atoms with Crippen LogP contribution in [0.5, 0.6) is 0 Å². The summed E-state index contributed by atoms with van der Waals surface area (Å²) < 4.78 is 5.85. The van der Waals surface area contributed by atoms with Crippen molar-refractivity contribution < 1.29 is 4.74 Å². The summed E-state index contributed by atoms with van der Waals surface area (Å²) in [6.07, 6.45) is 7.45. The molecule has 54 valence electrons. The van der Waals surface area contributed by atoms with Gasteiger partial charge in [-0.05, 0) is 22.0 Å². The van der Waals surface area contributed by atoms with Gasteiger partial charge in [0.05, 0.1) is 0 Å². The zero-order valence-corrected chi connectivity index (χ0v) is 7.21. The van der Waals surface area contributed by atoms with E-state index in [2.05, 4.69) is 20.9 Å². The van der Waals surface area contributed by atoms with Gasteiger partial charge in [0.25, 0.3) is 0 Å². The maximum absolute atomic E-state index is 5.03. The first-order chi connectivity index (χ1) is 4.83. The largest absolute Gasteiger partial charge is 0.372 e. The Morgan fingerprint density at radius 2 is 2.50 bits per heavy atom. The van der Waals surface area contributed by atoms with Gasteiger partial charge >= 0.3 is 0 Å². The molecule has 1 aliphatic heterocycles. The second-order valence-corrected chi connectivity index (χ2v) is 2.67. The van der Waals surface area contributed by atoms with Crippen LogP contribution in [0.3, 0.4) is 0 Å². The summed E-state index contributed by atoms with van der Waals surface area (Å²) in [5, 5.41) is 0. The molecule has 1 heterocycles. The lowest BCUT2D eigenvalue weighted by Gasteiger charge is -2.00. The second kappa shape index (κ2) is 3.68. The zero-order valence-electron chi connectivity index (χ0n) is 5.62. The van der Waals surface area contributed by atoms with Gasteiger partial charge in [-0.1, -0.05) is 12.2 Å². The molecule has 0 N–H and O–H groups in total. The molecule has 10 heavy (non-hydrogen) atoms. The third-order valence-corrected chi connectivity index (χ3v) is 1.62. The van der Waals surface area contributed by atoms with Crippen LogP contribution in [0.1, 0.15) is 0 Å². The van der Waals surface area contributed by atoms with Gasteiger partial charge in [-0.2, -0.15) is 0 Å². The molecule has 1 rings (SSSR count). The summed E-state index contributed by atoms with van der Waals surface area (Å²) in [4.78, 5) is 4.04. The molecule has 0 aromatic carbocycles. The number of methoxy groups -OCH3 is 1. The smallest absolute Gasteiger partial charge is 0.111 e. The summed E-state index contributed by atoms with van der Waals surface area (Å²) in [6, 6.07) is 0. The van der Waals surface area contributed by atoms with Gasteiger partial charge in [-0.15, -0.1) is 0 Å². The fourth-order valence-electron chi connectivity index (χ4n) is 0.621. The molecular formula is C7H8BrNO. The minimum atomic E-state index is 0.00583. The minimum Gasteiger partial charge on any atom is -0.372 e. The van der Waals surface area contributed by atoms with E-state index in [1.807, 2.05) is 18.2 Å². The lowest BCUT2D eigenvalue weighted by molar-refractivity contribution is 0.195. The molecule has 3 heteroatoms. The highest BCUT2D eigenvalue weighted by atomic mass is 79.9. The fourth-order valence-corrected chi connectivity index (χ4v) is 0.892. The first-order valence-corrected chi connectivity index (χ1v) is 3.73. The van der Waals surface area contributed by atoms with Crippen molar-refractivity contribution in [1.82, 2.24) is 0 Å². The predicted molar refractivity (Wildman–Crippen MR) is 45.4 cm³/mol. The lowest BCUT2D eigenvalue weighted by Crippen LogP contribution is -2.06. The van der Waals surface area contributed by atoms with Crippen LogP contribution in [0.25, 0.3) is 0 Å². The molecule has 0 aromatic rings. The summed E-state index contributed by atoms with van der Waals surface area (Å²) in [5.74, 6) is 0. The Labute approximate surface area is 68.4 Å². The summed E-state index contributed by atoms with van der Waals surface area (Å²) >= 11 is 3.25. The Bertz CT molecular complexity index is 196. The highest BCUT2D eigenvalue weighted by molar-refractivity contribution is 9.11. The van der Waals surface area contributed by atoms with E-state index in [1.54, 1.807) is 13.3 Å². The first-order valence-electron chi connectivity index (χ1n) is 2.94. The molecule has 0 spiro atoms. The lowest BCUT2D eigenvalue weighted by atomic mass is 10.3. The van der Waals surface area contributed by atoms with Crippen molar-refractivity contribution in [2.45, 2.75) is 6.10 Å². The van der Waals surface area contributed by atoms with E-state index in [0.717, 1.165) is 4.61 Å². The maximum atomic E-state index is 5.03. The van der Waals surface area contributed by atoms with E-state index in [4.69, 9.17) is 4.74 Å². The monoisotopic (exact) mass is 201 g/mol. The van der Waals surface area contributed by atoms with Crippen LogP contribution in [-0.4, -0.2) is 19.4 Å². The molecule has 0 aromatic heterocycles. The third-order valence-electron chi connectivity index (χ3n) is 1.15. The Hall–Kier alpha value is -0.410. The molecule has 0 aliphatic carbocycles. The maximum Gasteiger partial charge on any atom is 0.111 e. The molecule has 0 saturated heterocycles. The number of aliphatic imine (C=N–C) groups is 1.